The lowest BCUT2D eigenvalue weighted by Crippen LogP contribution is -2.45. The third kappa shape index (κ3) is 4.55. The Morgan fingerprint density at radius 1 is 1.08 bits per heavy atom. The van der Waals surface area contributed by atoms with E-state index < -0.39 is 29.4 Å². The fourth-order valence-electron chi connectivity index (χ4n) is 4.83. The smallest absolute Gasteiger partial charge is 0.416 e. The van der Waals surface area contributed by atoms with Gasteiger partial charge in [0.15, 0.2) is 5.69 Å². The number of benzene rings is 2. The molecule has 1 atom stereocenters. The van der Waals surface area contributed by atoms with E-state index in [9.17, 15) is 23.1 Å². The van der Waals surface area contributed by atoms with E-state index in [4.69, 9.17) is 0 Å². The molecule has 0 saturated carbocycles. The van der Waals surface area contributed by atoms with Gasteiger partial charge in [-0.2, -0.15) is 18.2 Å². The number of fused-ring (bicyclic) bond motifs is 1. The Bertz CT molecular complexity index is 1400. The zero-order chi connectivity index (χ0) is 26.5. The number of piperidine rings is 1. The highest BCUT2D eigenvalue weighted by molar-refractivity contribution is 6.12. The maximum atomic E-state index is 15.3. The Kier molecular flexibility index (Phi) is 5.98. The van der Waals surface area contributed by atoms with Gasteiger partial charge in [0.2, 0.25) is 11.8 Å². The monoisotopic (exact) mass is 514 g/mol. The Morgan fingerprint density at radius 3 is 2.46 bits per heavy atom. The molecule has 5 rings (SSSR count). The molecule has 11 heteroatoms. The molecule has 0 bridgehead atoms. The van der Waals surface area contributed by atoms with E-state index >= 15 is 4.39 Å². The number of quaternary nitrogens is 1. The Hall–Kier alpha value is -3.86. The summed E-state index contributed by atoms with van der Waals surface area (Å²) >= 11 is 0. The molecule has 2 aromatic carbocycles. The fraction of sp³-hybridized carbons (Fsp3) is 0.308. The minimum Gasteiger partial charge on any atom is -0.481 e. The summed E-state index contributed by atoms with van der Waals surface area (Å²) in [6.07, 6.45) is -0.0282. The summed E-state index contributed by atoms with van der Waals surface area (Å²) < 4.78 is 54.9. The van der Waals surface area contributed by atoms with Gasteiger partial charge in [0.1, 0.15) is 11.5 Å². The van der Waals surface area contributed by atoms with Crippen LogP contribution in [0.15, 0.2) is 53.8 Å². The van der Waals surface area contributed by atoms with Crippen LogP contribution in [0.5, 0.6) is 0 Å². The van der Waals surface area contributed by atoms with Gasteiger partial charge in [0.05, 0.1) is 31.1 Å². The molecule has 0 aliphatic carbocycles. The van der Waals surface area contributed by atoms with Crippen LogP contribution in [-0.4, -0.2) is 54.1 Å². The summed E-state index contributed by atoms with van der Waals surface area (Å²) in [5, 5.41) is 9.29. The lowest BCUT2D eigenvalue weighted by atomic mass is 9.99. The van der Waals surface area contributed by atoms with Gasteiger partial charge in [-0.1, -0.05) is 6.07 Å². The highest BCUT2D eigenvalue weighted by Gasteiger charge is 2.41. The molecular weight excluding hydrogens is 490 g/mol. The quantitative estimate of drug-likeness (QED) is 0.380. The van der Waals surface area contributed by atoms with Gasteiger partial charge in [-0.25, -0.2) is 18.8 Å². The van der Waals surface area contributed by atoms with Crippen LogP contribution in [0.4, 0.5) is 34.9 Å². The summed E-state index contributed by atoms with van der Waals surface area (Å²) in [4.78, 5) is 26.3. The molecule has 192 valence electrons. The van der Waals surface area contributed by atoms with Crippen LogP contribution >= 0.6 is 0 Å². The molecule has 7 nitrogen and oxygen atoms in total. The first kappa shape index (κ1) is 24.8. The summed E-state index contributed by atoms with van der Waals surface area (Å²) in [5.41, 5.74) is 1.19. The Labute approximate surface area is 210 Å². The van der Waals surface area contributed by atoms with Crippen molar-refractivity contribution in [2.45, 2.75) is 19.0 Å². The lowest BCUT2D eigenvalue weighted by Gasteiger charge is -2.30. The molecular formula is C26H24F4N5O2+. The molecule has 3 aromatic rings. The number of aromatic nitrogens is 2. The zero-order valence-electron chi connectivity index (χ0n) is 20.1. The number of anilines is 1. The highest BCUT2D eigenvalue weighted by Crippen LogP contribution is 2.44. The van der Waals surface area contributed by atoms with E-state index in [0.29, 0.717) is 53.8 Å². The van der Waals surface area contributed by atoms with Gasteiger partial charge in [-0.3, -0.25) is 4.79 Å². The van der Waals surface area contributed by atoms with Crippen LogP contribution in [0.1, 0.15) is 24.0 Å². The summed E-state index contributed by atoms with van der Waals surface area (Å²) in [5.74, 6) is -1.17. The summed E-state index contributed by atoms with van der Waals surface area (Å²) in [6.45, 7) is 0.996. The van der Waals surface area contributed by atoms with Crippen molar-refractivity contribution in [1.29, 1.82) is 0 Å². The van der Waals surface area contributed by atoms with E-state index in [1.165, 1.54) is 12.1 Å². The van der Waals surface area contributed by atoms with Gasteiger partial charge in [0, 0.05) is 37.1 Å². The highest BCUT2D eigenvalue weighted by atomic mass is 19.4. The fourth-order valence-corrected chi connectivity index (χ4v) is 4.83. The zero-order valence-corrected chi connectivity index (χ0v) is 20.1. The molecule has 1 fully saturated rings. The molecule has 2 aliphatic heterocycles. The molecule has 1 aromatic heterocycles. The second-order valence-electron chi connectivity index (χ2n) is 9.68. The molecule has 37 heavy (non-hydrogen) atoms. The predicted octanol–water partition coefficient (Wildman–Crippen LogP) is 5.26. The van der Waals surface area contributed by atoms with E-state index in [0.717, 1.165) is 18.6 Å². The average molecular weight is 515 g/mol. The van der Waals surface area contributed by atoms with Crippen LogP contribution in [0.25, 0.3) is 11.1 Å². The van der Waals surface area contributed by atoms with Crippen molar-refractivity contribution in [3.8, 4) is 11.1 Å². The molecule has 3 heterocycles. The van der Waals surface area contributed by atoms with Crippen LogP contribution < -0.4 is 9.38 Å². The summed E-state index contributed by atoms with van der Waals surface area (Å²) in [7, 11) is 3.33. The first-order chi connectivity index (χ1) is 17.4. The lowest BCUT2D eigenvalue weighted by molar-refractivity contribution is -0.142. The minimum absolute atomic E-state index is 0.138. The van der Waals surface area contributed by atoms with Gasteiger partial charge < -0.3 is 10.0 Å². The number of hydrogen-bond acceptors (Lipinski definition) is 5. The molecule has 0 spiro atoms. The molecule has 1 unspecified atom stereocenters. The second kappa shape index (κ2) is 8.91. The van der Waals surface area contributed by atoms with Gasteiger partial charge in [-0.15, -0.1) is 0 Å². The molecule has 0 radical (unpaired) electrons. The largest absolute Gasteiger partial charge is 0.481 e. The number of hydrogen-bond donors (Lipinski definition) is 1. The average Bonchev–Trinajstić information content (AvgIpc) is 3.13. The van der Waals surface area contributed by atoms with Crippen molar-refractivity contribution in [2.24, 2.45) is 10.9 Å². The van der Waals surface area contributed by atoms with Gasteiger partial charge in [-0.05, 0) is 42.7 Å². The van der Waals surface area contributed by atoms with Crippen molar-refractivity contribution >= 4 is 29.1 Å². The molecule has 0 amide bonds. The topological polar surface area (TPSA) is 78.7 Å². The molecule has 1 N–H and O–H groups in total. The van der Waals surface area contributed by atoms with Gasteiger partial charge >= 0.3 is 12.1 Å². The number of carboxylic acids is 1. The van der Waals surface area contributed by atoms with E-state index in [2.05, 4.69) is 15.0 Å². The number of halogens is 4. The Balaban J connectivity index is 1.39. The molecule has 1 saturated heterocycles. The van der Waals surface area contributed by atoms with Crippen molar-refractivity contribution in [2.75, 3.05) is 32.1 Å². The third-order valence-electron chi connectivity index (χ3n) is 6.90. The maximum Gasteiger partial charge on any atom is 0.416 e. The van der Waals surface area contributed by atoms with E-state index in [1.807, 2.05) is 4.90 Å². The van der Waals surface area contributed by atoms with Crippen LogP contribution in [0, 0.1) is 11.7 Å². The number of carbonyl (C=O) groups is 1. The molecule has 2 aliphatic rings. The van der Waals surface area contributed by atoms with E-state index in [-0.39, 0.29) is 10.0 Å². The van der Waals surface area contributed by atoms with E-state index in [1.54, 1.807) is 38.6 Å². The van der Waals surface area contributed by atoms with Crippen LogP contribution in [0.3, 0.4) is 0 Å². The third-order valence-corrected chi connectivity index (χ3v) is 6.90. The van der Waals surface area contributed by atoms with Crippen molar-refractivity contribution in [1.82, 2.24) is 14.5 Å². The number of alkyl halides is 3. The number of aliphatic carboxylic acids is 1. The SMILES string of the molecule is C[N+]1(C)C(c2ccc(-c3cnc(N4CCCC(C(=O)O)C4)nc3)cc2F)=Nc2ccc(C(F)(F)F)cc21. The van der Waals surface area contributed by atoms with Gasteiger partial charge in [0.25, 0.3) is 0 Å². The van der Waals surface area contributed by atoms with Crippen LogP contribution in [0.2, 0.25) is 0 Å². The van der Waals surface area contributed by atoms with Crippen molar-refractivity contribution in [3.63, 3.8) is 0 Å². The summed E-state index contributed by atoms with van der Waals surface area (Å²) in [6, 6.07) is 7.89. The number of nitrogens with zero attached hydrogens (tertiary/aromatic N) is 5. The normalized spacial score (nSPS) is 18.9. The second-order valence-corrected chi connectivity index (χ2v) is 9.68. The first-order valence-electron chi connectivity index (χ1n) is 11.7. The number of amidine groups is 1. The first-order valence-corrected chi connectivity index (χ1v) is 11.7. The Morgan fingerprint density at radius 2 is 1.81 bits per heavy atom. The number of rotatable bonds is 4. The number of carboxylic acid groups (broad SMARTS) is 1. The van der Waals surface area contributed by atoms with Crippen molar-refractivity contribution < 1.29 is 27.5 Å². The maximum absolute atomic E-state index is 15.3. The predicted molar refractivity (Wildman–Crippen MR) is 131 cm³/mol. The number of aliphatic imine (C=N–C) groups is 1. The van der Waals surface area contributed by atoms with Crippen molar-refractivity contribution in [3.05, 3.63) is 65.7 Å². The van der Waals surface area contributed by atoms with Crippen LogP contribution in [-0.2, 0) is 11.0 Å². The minimum atomic E-state index is -4.49. The standard InChI is InChI=1S/C26H23F4N5O2/c1-35(2)22-11-18(26(28,29)30)6-8-21(22)33-23(35)19-7-5-15(10-20(19)27)17-12-31-25(32-13-17)34-9-3-4-16(14-34)24(36)37/h5-8,10-13,16H,3-4,9,14H2,1-2H3/p+1.